The lowest BCUT2D eigenvalue weighted by molar-refractivity contribution is 0.0744. The maximum Gasteiger partial charge on any atom is 0.263 e. The van der Waals surface area contributed by atoms with E-state index in [1.165, 1.54) is 12.5 Å². The summed E-state index contributed by atoms with van der Waals surface area (Å²) in [4.78, 5) is 34.1. The van der Waals surface area contributed by atoms with E-state index in [0.717, 1.165) is 18.8 Å². The third-order valence-electron chi connectivity index (χ3n) is 3.64. The Kier molecular flexibility index (Phi) is 3.68. The van der Waals surface area contributed by atoms with Crippen molar-refractivity contribution in [3.8, 4) is 0 Å². The maximum atomic E-state index is 12.3. The van der Waals surface area contributed by atoms with Gasteiger partial charge in [0.15, 0.2) is 0 Å². The number of hydrogen-bond donors (Lipinski definition) is 1. The van der Waals surface area contributed by atoms with Crippen LogP contribution < -0.4 is 10.5 Å². The van der Waals surface area contributed by atoms with E-state index < -0.39 is 0 Å². The van der Waals surface area contributed by atoms with Crippen molar-refractivity contribution in [3.63, 3.8) is 0 Å². The van der Waals surface area contributed by atoms with Crippen molar-refractivity contribution in [2.75, 3.05) is 31.1 Å². The molecule has 108 valence electrons. The van der Waals surface area contributed by atoms with Crippen LogP contribution in [0.2, 0.25) is 0 Å². The predicted molar refractivity (Wildman–Crippen MR) is 79.4 cm³/mol. The number of hydrogen-bond acceptors (Lipinski definition) is 4. The molecular formula is C15H16N4O2. The number of aromatic amines is 1. The van der Waals surface area contributed by atoms with E-state index in [2.05, 4.69) is 27.0 Å². The van der Waals surface area contributed by atoms with Gasteiger partial charge in [0, 0.05) is 38.1 Å². The molecule has 1 fully saturated rings. The molecule has 2 aromatic rings. The molecule has 6 heteroatoms. The van der Waals surface area contributed by atoms with Gasteiger partial charge in [0.2, 0.25) is 0 Å². The van der Waals surface area contributed by atoms with Crippen LogP contribution in [0.4, 0.5) is 5.69 Å². The highest BCUT2D eigenvalue weighted by Crippen LogP contribution is 2.16. The first-order valence-corrected chi connectivity index (χ1v) is 6.87. The summed E-state index contributed by atoms with van der Waals surface area (Å²) in [6, 6.07) is 10.1. The molecule has 1 aliphatic heterocycles. The minimum Gasteiger partial charge on any atom is -0.368 e. The van der Waals surface area contributed by atoms with Gasteiger partial charge < -0.3 is 14.8 Å². The lowest BCUT2D eigenvalue weighted by atomic mass is 10.2. The number of carbonyl (C=O) groups excluding carboxylic acids is 1. The molecule has 1 aromatic heterocycles. The van der Waals surface area contributed by atoms with Crippen LogP contribution >= 0.6 is 0 Å². The van der Waals surface area contributed by atoms with E-state index in [-0.39, 0.29) is 17.0 Å². The average Bonchev–Trinajstić information content (AvgIpc) is 2.56. The Bertz CT molecular complexity index is 675. The van der Waals surface area contributed by atoms with Crippen molar-refractivity contribution >= 4 is 11.6 Å². The van der Waals surface area contributed by atoms with Crippen LogP contribution in [0.25, 0.3) is 0 Å². The molecule has 2 heterocycles. The summed E-state index contributed by atoms with van der Waals surface area (Å²) < 4.78 is 0. The summed E-state index contributed by atoms with van der Waals surface area (Å²) in [5.41, 5.74) is 0.870. The maximum absolute atomic E-state index is 12.3. The fraction of sp³-hybridized carbons (Fsp3) is 0.267. The molecule has 1 N–H and O–H groups in total. The standard InChI is InChI=1S/C15H16N4O2/c20-14-13(10-16-11-17-14)15(21)19-8-6-18(7-9-19)12-4-2-1-3-5-12/h1-5,10-11H,6-9H2,(H,16,17,20). The van der Waals surface area contributed by atoms with E-state index >= 15 is 0 Å². The highest BCUT2D eigenvalue weighted by Gasteiger charge is 2.23. The number of aromatic nitrogens is 2. The van der Waals surface area contributed by atoms with Crippen LogP contribution in [0.5, 0.6) is 0 Å². The zero-order valence-electron chi connectivity index (χ0n) is 11.5. The molecule has 0 saturated carbocycles. The van der Waals surface area contributed by atoms with Crippen LogP contribution in [0.1, 0.15) is 10.4 Å². The van der Waals surface area contributed by atoms with Gasteiger partial charge in [-0.05, 0) is 12.1 Å². The molecule has 6 nitrogen and oxygen atoms in total. The van der Waals surface area contributed by atoms with Crippen LogP contribution in [0, 0.1) is 0 Å². The fourth-order valence-corrected chi connectivity index (χ4v) is 2.47. The molecule has 1 amide bonds. The van der Waals surface area contributed by atoms with Crippen molar-refractivity contribution < 1.29 is 4.79 Å². The second-order valence-corrected chi connectivity index (χ2v) is 4.91. The van der Waals surface area contributed by atoms with Crippen LogP contribution in [0.15, 0.2) is 47.7 Å². The van der Waals surface area contributed by atoms with Crippen molar-refractivity contribution in [2.45, 2.75) is 0 Å². The number of rotatable bonds is 2. The van der Waals surface area contributed by atoms with Crippen LogP contribution in [-0.2, 0) is 0 Å². The zero-order valence-corrected chi connectivity index (χ0v) is 11.5. The molecule has 0 radical (unpaired) electrons. The minimum absolute atomic E-state index is 0.102. The van der Waals surface area contributed by atoms with Crippen LogP contribution in [-0.4, -0.2) is 47.0 Å². The third-order valence-corrected chi connectivity index (χ3v) is 3.64. The summed E-state index contributed by atoms with van der Waals surface area (Å²) in [7, 11) is 0. The summed E-state index contributed by atoms with van der Waals surface area (Å²) in [6.07, 6.45) is 2.61. The number of piperazine rings is 1. The molecule has 1 aromatic carbocycles. The Labute approximate surface area is 122 Å². The molecule has 21 heavy (non-hydrogen) atoms. The highest BCUT2D eigenvalue weighted by molar-refractivity contribution is 5.93. The number of carbonyl (C=O) groups is 1. The topological polar surface area (TPSA) is 69.3 Å². The number of nitrogens with one attached hydrogen (secondary N) is 1. The van der Waals surface area contributed by atoms with Gasteiger partial charge >= 0.3 is 0 Å². The first kappa shape index (κ1) is 13.4. The summed E-state index contributed by atoms with van der Waals surface area (Å²) in [6.45, 7) is 2.71. The molecular weight excluding hydrogens is 268 g/mol. The third kappa shape index (κ3) is 2.79. The molecule has 0 atom stereocenters. The molecule has 1 saturated heterocycles. The van der Waals surface area contributed by atoms with Crippen molar-refractivity contribution in [2.24, 2.45) is 0 Å². The largest absolute Gasteiger partial charge is 0.368 e. The zero-order chi connectivity index (χ0) is 14.7. The molecule has 0 spiro atoms. The molecule has 0 unspecified atom stereocenters. The van der Waals surface area contributed by atoms with Crippen molar-refractivity contribution in [3.05, 3.63) is 58.8 Å². The average molecular weight is 284 g/mol. The Hall–Kier alpha value is -2.63. The van der Waals surface area contributed by atoms with Gasteiger partial charge in [-0.2, -0.15) is 0 Å². The molecule has 3 rings (SSSR count). The molecule has 1 aliphatic rings. The van der Waals surface area contributed by atoms with Gasteiger partial charge in [0.25, 0.3) is 11.5 Å². The lowest BCUT2D eigenvalue weighted by Crippen LogP contribution is -2.49. The van der Waals surface area contributed by atoms with Gasteiger partial charge in [-0.1, -0.05) is 18.2 Å². The number of anilines is 1. The summed E-state index contributed by atoms with van der Waals surface area (Å²) >= 11 is 0. The Morgan fingerprint density at radius 3 is 2.48 bits per heavy atom. The van der Waals surface area contributed by atoms with Gasteiger partial charge in [0.05, 0.1) is 6.33 Å². The lowest BCUT2D eigenvalue weighted by Gasteiger charge is -2.36. The Morgan fingerprint density at radius 1 is 1.10 bits per heavy atom. The number of benzene rings is 1. The van der Waals surface area contributed by atoms with Crippen LogP contribution in [0.3, 0.4) is 0 Å². The van der Waals surface area contributed by atoms with E-state index in [1.54, 1.807) is 4.90 Å². The van der Waals surface area contributed by atoms with Crippen molar-refractivity contribution in [1.82, 2.24) is 14.9 Å². The molecule has 0 aliphatic carbocycles. The second-order valence-electron chi connectivity index (χ2n) is 4.91. The van der Waals surface area contributed by atoms with E-state index in [9.17, 15) is 9.59 Å². The van der Waals surface area contributed by atoms with Crippen molar-refractivity contribution in [1.29, 1.82) is 0 Å². The monoisotopic (exact) mass is 284 g/mol. The van der Waals surface area contributed by atoms with E-state index in [4.69, 9.17) is 0 Å². The summed E-state index contributed by atoms with van der Waals surface area (Å²) in [5.74, 6) is -0.253. The first-order valence-electron chi connectivity index (χ1n) is 6.87. The van der Waals surface area contributed by atoms with Gasteiger partial charge in [-0.3, -0.25) is 9.59 Å². The quantitative estimate of drug-likeness (QED) is 0.883. The first-order chi connectivity index (χ1) is 10.3. The number of amides is 1. The van der Waals surface area contributed by atoms with E-state index in [1.807, 2.05) is 18.2 Å². The highest BCUT2D eigenvalue weighted by atomic mass is 16.2. The predicted octanol–water partition coefficient (Wildman–Crippen LogP) is 0.732. The molecule has 0 bridgehead atoms. The number of H-pyrrole nitrogens is 1. The summed E-state index contributed by atoms with van der Waals surface area (Å²) in [5, 5.41) is 0. The van der Waals surface area contributed by atoms with Gasteiger partial charge in [-0.15, -0.1) is 0 Å². The number of para-hydroxylation sites is 1. The van der Waals surface area contributed by atoms with Gasteiger partial charge in [0.1, 0.15) is 5.56 Å². The fourth-order valence-electron chi connectivity index (χ4n) is 2.47. The normalized spacial score (nSPS) is 15.0. The smallest absolute Gasteiger partial charge is 0.263 e. The Morgan fingerprint density at radius 2 is 1.81 bits per heavy atom. The van der Waals surface area contributed by atoms with E-state index in [0.29, 0.717) is 13.1 Å². The van der Waals surface area contributed by atoms with Gasteiger partial charge in [-0.25, -0.2) is 4.98 Å². The SMILES string of the molecule is O=C(c1cnc[nH]c1=O)N1CCN(c2ccccc2)CC1. The Balaban J connectivity index is 1.68. The number of nitrogens with zero attached hydrogens (tertiary/aromatic N) is 3. The second kappa shape index (κ2) is 5.78. The minimum atomic E-state index is -0.388.